The Balaban J connectivity index is 2.65. The number of ether oxygens (including phenoxy) is 2. The predicted octanol–water partition coefficient (Wildman–Crippen LogP) is 1.26. The molecule has 6 nitrogen and oxygen atoms in total. The maximum absolute atomic E-state index is 11.4. The van der Waals surface area contributed by atoms with E-state index in [-0.39, 0.29) is 12.5 Å². The van der Waals surface area contributed by atoms with Gasteiger partial charge in [-0.25, -0.2) is 9.78 Å². The normalized spacial score (nSPS) is 9.84. The molecular weight excluding hydrogens is 248 g/mol. The number of likely N-dealkylation sites (N-methyl/N-ethyl adjacent to an activating group) is 1. The van der Waals surface area contributed by atoms with Crippen molar-refractivity contribution in [2.75, 3.05) is 31.7 Å². The molecule has 0 bridgehead atoms. The Morgan fingerprint density at radius 1 is 1.21 bits per heavy atom. The first-order chi connectivity index (χ1) is 9.08. The van der Waals surface area contributed by atoms with Crippen LogP contribution in [0.15, 0.2) is 18.3 Å². The molecular formula is C13H18N2O4. The maximum Gasteiger partial charge on any atom is 0.339 e. The largest absolute Gasteiger partial charge is 0.465 e. The van der Waals surface area contributed by atoms with Crippen LogP contribution in [-0.2, 0) is 14.3 Å². The molecule has 0 radical (unpaired) electrons. The Hall–Kier alpha value is -2.11. The van der Waals surface area contributed by atoms with Crippen LogP contribution in [-0.4, -0.2) is 43.7 Å². The minimum atomic E-state index is -0.408. The number of anilines is 1. The van der Waals surface area contributed by atoms with Gasteiger partial charge in [0.2, 0.25) is 0 Å². The molecule has 1 rings (SSSR count). The van der Waals surface area contributed by atoms with E-state index >= 15 is 0 Å². The second-order valence-electron chi connectivity index (χ2n) is 3.79. The van der Waals surface area contributed by atoms with Crippen molar-refractivity contribution in [3.63, 3.8) is 0 Å². The van der Waals surface area contributed by atoms with Crippen molar-refractivity contribution in [1.82, 2.24) is 4.98 Å². The minimum absolute atomic E-state index is 0.111. The summed E-state index contributed by atoms with van der Waals surface area (Å²) in [5.41, 5.74) is 0.384. The number of nitrogens with zero attached hydrogens (tertiary/aromatic N) is 2. The third-order valence-electron chi connectivity index (χ3n) is 2.32. The van der Waals surface area contributed by atoms with E-state index < -0.39 is 5.97 Å². The van der Waals surface area contributed by atoms with Crippen molar-refractivity contribution in [1.29, 1.82) is 0 Å². The second kappa shape index (κ2) is 7.35. The lowest BCUT2D eigenvalue weighted by atomic mass is 10.3. The molecule has 6 heteroatoms. The first kappa shape index (κ1) is 14.9. The highest BCUT2D eigenvalue weighted by molar-refractivity contribution is 5.89. The maximum atomic E-state index is 11.4. The van der Waals surface area contributed by atoms with E-state index in [1.807, 2.05) is 0 Å². The van der Waals surface area contributed by atoms with Crippen molar-refractivity contribution in [2.24, 2.45) is 0 Å². The van der Waals surface area contributed by atoms with E-state index in [1.54, 1.807) is 37.9 Å². The number of hydrogen-bond acceptors (Lipinski definition) is 6. The molecule has 0 aliphatic carbocycles. The number of pyridine rings is 1. The van der Waals surface area contributed by atoms with E-state index in [2.05, 4.69) is 4.98 Å². The summed E-state index contributed by atoms with van der Waals surface area (Å²) in [6.45, 7) is 4.28. The van der Waals surface area contributed by atoms with Crippen LogP contribution < -0.4 is 4.90 Å². The smallest absolute Gasteiger partial charge is 0.339 e. The molecule has 0 aliphatic rings. The van der Waals surface area contributed by atoms with E-state index in [1.165, 1.54) is 6.20 Å². The molecule has 0 saturated heterocycles. The summed E-state index contributed by atoms with van der Waals surface area (Å²) in [5.74, 6) is -0.142. The fourth-order valence-corrected chi connectivity index (χ4v) is 1.43. The summed E-state index contributed by atoms with van der Waals surface area (Å²) in [7, 11) is 1.73. The van der Waals surface area contributed by atoms with Gasteiger partial charge < -0.3 is 14.4 Å². The van der Waals surface area contributed by atoms with Gasteiger partial charge in [0.25, 0.3) is 0 Å². The van der Waals surface area contributed by atoms with E-state index in [4.69, 9.17) is 9.47 Å². The molecule has 0 unspecified atom stereocenters. The van der Waals surface area contributed by atoms with Crippen molar-refractivity contribution < 1.29 is 19.1 Å². The van der Waals surface area contributed by atoms with Gasteiger partial charge in [0.1, 0.15) is 12.4 Å². The Morgan fingerprint density at radius 3 is 2.42 bits per heavy atom. The van der Waals surface area contributed by atoms with Crippen molar-refractivity contribution in [3.05, 3.63) is 23.9 Å². The molecule has 0 atom stereocenters. The molecule has 1 heterocycles. The van der Waals surface area contributed by atoms with Crippen LogP contribution in [0.5, 0.6) is 0 Å². The van der Waals surface area contributed by atoms with E-state index in [0.29, 0.717) is 24.6 Å². The Morgan fingerprint density at radius 2 is 1.89 bits per heavy atom. The van der Waals surface area contributed by atoms with Crippen LogP contribution in [0, 0.1) is 0 Å². The molecule has 0 N–H and O–H groups in total. The molecule has 0 saturated carbocycles. The highest BCUT2D eigenvalue weighted by atomic mass is 16.5. The second-order valence-corrected chi connectivity index (χ2v) is 3.79. The average molecular weight is 266 g/mol. The van der Waals surface area contributed by atoms with Crippen LogP contribution in [0.4, 0.5) is 5.82 Å². The molecule has 104 valence electrons. The van der Waals surface area contributed by atoms with Gasteiger partial charge in [-0.3, -0.25) is 4.79 Å². The van der Waals surface area contributed by atoms with Gasteiger partial charge in [0.05, 0.1) is 18.8 Å². The number of aromatic nitrogens is 1. The highest BCUT2D eigenvalue weighted by Gasteiger charge is 2.11. The summed E-state index contributed by atoms with van der Waals surface area (Å²) in [4.78, 5) is 28.5. The van der Waals surface area contributed by atoms with Crippen molar-refractivity contribution >= 4 is 17.8 Å². The Kier molecular flexibility index (Phi) is 5.78. The van der Waals surface area contributed by atoms with E-state index in [0.717, 1.165) is 0 Å². The van der Waals surface area contributed by atoms with Gasteiger partial charge in [-0.05, 0) is 26.0 Å². The molecule has 0 spiro atoms. The third-order valence-corrected chi connectivity index (χ3v) is 2.32. The fourth-order valence-electron chi connectivity index (χ4n) is 1.43. The van der Waals surface area contributed by atoms with Gasteiger partial charge >= 0.3 is 11.9 Å². The van der Waals surface area contributed by atoms with Crippen LogP contribution in [0.1, 0.15) is 24.2 Å². The van der Waals surface area contributed by atoms with Crippen LogP contribution in [0.3, 0.4) is 0 Å². The van der Waals surface area contributed by atoms with E-state index in [9.17, 15) is 9.59 Å². The quantitative estimate of drug-likeness (QED) is 0.722. The monoisotopic (exact) mass is 266 g/mol. The summed E-state index contributed by atoms with van der Waals surface area (Å²) >= 11 is 0. The standard InChI is InChI=1S/C13H18N2O4/c1-4-18-12(16)9-15(3)11-7-6-10(8-14-11)13(17)19-5-2/h6-8H,4-5,9H2,1-3H3. The molecule has 1 aromatic heterocycles. The minimum Gasteiger partial charge on any atom is -0.465 e. The summed E-state index contributed by atoms with van der Waals surface area (Å²) < 4.78 is 9.70. The summed E-state index contributed by atoms with van der Waals surface area (Å²) in [6.07, 6.45) is 1.43. The van der Waals surface area contributed by atoms with Crippen molar-refractivity contribution in [3.8, 4) is 0 Å². The molecule has 0 aliphatic heterocycles. The summed E-state index contributed by atoms with van der Waals surface area (Å²) in [5, 5.41) is 0. The molecule has 0 amide bonds. The average Bonchev–Trinajstić information content (AvgIpc) is 2.39. The number of carbonyl (C=O) groups is 2. The zero-order valence-electron chi connectivity index (χ0n) is 11.4. The predicted molar refractivity (Wildman–Crippen MR) is 70.1 cm³/mol. The molecule has 0 aromatic carbocycles. The summed E-state index contributed by atoms with van der Waals surface area (Å²) in [6, 6.07) is 3.27. The lowest BCUT2D eigenvalue weighted by Crippen LogP contribution is -2.27. The Labute approximate surface area is 112 Å². The number of esters is 2. The number of rotatable bonds is 6. The lowest BCUT2D eigenvalue weighted by molar-refractivity contribution is -0.141. The van der Waals surface area contributed by atoms with Crippen LogP contribution in [0.25, 0.3) is 0 Å². The van der Waals surface area contributed by atoms with Gasteiger partial charge in [0, 0.05) is 13.2 Å². The number of carbonyl (C=O) groups excluding carboxylic acids is 2. The van der Waals surface area contributed by atoms with Gasteiger partial charge in [-0.1, -0.05) is 0 Å². The first-order valence-electron chi connectivity index (χ1n) is 6.08. The highest BCUT2D eigenvalue weighted by Crippen LogP contribution is 2.10. The van der Waals surface area contributed by atoms with Gasteiger partial charge in [-0.15, -0.1) is 0 Å². The lowest BCUT2D eigenvalue weighted by Gasteiger charge is -2.16. The number of hydrogen-bond donors (Lipinski definition) is 0. The zero-order valence-corrected chi connectivity index (χ0v) is 11.4. The van der Waals surface area contributed by atoms with Gasteiger partial charge in [0.15, 0.2) is 0 Å². The van der Waals surface area contributed by atoms with Crippen LogP contribution in [0.2, 0.25) is 0 Å². The van der Waals surface area contributed by atoms with Crippen LogP contribution >= 0.6 is 0 Å². The SMILES string of the molecule is CCOC(=O)CN(C)c1ccc(C(=O)OCC)cn1. The zero-order chi connectivity index (χ0) is 14.3. The van der Waals surface area contributed by atoms with Gasteiger partial charge in [-0.2, -0.15) is 0 Å². The molecule has 1 aromatic rings. The molecule has 19 heavy (non-hydrogen) atoms. The molecule has 0 fully saturated rings. The third kappa shape index (κ3) is 4.57. The van der Waals surface area contributed by atoms with Crippen molar-refractivity contribution in [2.45, 2.75) is 13.8 Å². The first-order valence-corrected chi connectivity index (χ1v) is 6.08. The Bertz CT molecular complexity index is 431. The topological polar surface area (TPSA) is 68.7 Å². The fraction of sp³-hybridized carbons (Fsp3) is 0.462.